The molecule has 7 heteroatoms. The third-order valence-corrected chi connectivity index (χ3v) is 3.38. The molecule has 0 bridgehead atoms. The lowest BCUT2D eigenvalue weighted by Crippen LogP contribution is -2.41. The predicted octanol–water partition coefficient (Wildman–Crippen LogP) is 3.67. The van der Waals surface area contributed by atoms with Crippen LogP contribution in [0.5, 0.6) is 5.75 Å². The number of halogens is 2. The van der Waals surface area contributed by atoms with Gasteiger partial charge in [-0.15, -0.1) is 24.0 Å². The first-order valence-corrected chi connectivity index (χ1v) is 8.43. The van der Waals surface area contributed by atoms with E-state index in [1.165, 1.54) is 12.1 Å². The Kier molecular flexibility index (Phi) is 9.93. The molecule has 0 saturated heterocycles. The maximum absolute atomic E-state index is 13.2. The lowest BCUT2D eigenvalue weighted by atomic mass is 10.3. The SMILES string of the molecule is CCNC(=NCc1cccc(C)n1)NCC(C)Oc1cccc(F)c1.I. The largest absolute Gasteiger partial charge is 0.489 e. The molecular weight excluding hydrogens is 446 g/mol. The van der Waals surface area contributed by atoms with Crippen LogP contribution in [0.25, 0.3) is 0 Å². The number of hydrogen-bond donors (Lipinski definition) is 2. The molecule has 5 nitrogen and oxygen atoms in total. The second kappa shape index (κ2) is 11.7. The van der Waals surface area contributed by atoms with Gasteiger partial charge in [0.1, 0.15) is 17.7 Å². The van der Waals surface area contributed by atoms with Crippen LogP contribution >= 0.6 is 24.0 Å². The number of rotatable bonds is 7. The van der Waals surface area contributed by atoms with E-state index < -0.39 is 0 Å². The van der Waals surface area contributed by atoms with E-state index in [0.29, 0.717) is 24.8 Å². The minimum absolute atomic E-state index is 0. The van der Waals surface area contributed by atoms with Crippen molar-refractivity contribution in [2.24, 2.45) is 4.99 Å². The summed E-state index contributed by atoms with van der Waals surface area (Å²) in [5.74, 6) is 0.902. The third-order valence-electron chi connectivity index (χ3n) is 3.38. The molecule has 2 N–H and O–H groups in total. The van der Waals surface area contributed by atoms with Crippen LogP contribution in [0.2, 0.25) is 0 Å². The van der Waals surface area contributed by atoms with Crippen LogP contribution in [0, 0.1) is 12.7 Å². The molecule has 1 aromatic carbocycles. The summed E-state index contributed by atoms with van der Waals surface area (Å²) in [6.45, 7) is 7.69. The standard InChI is InChI=1S/C19H25FN4O.HI/c1-4-21-19(23-13-17-9-5-7-14(2)24-17)22-12-15(3)25-18-10-6-8-16(20)11-18;/h5-11,15H,4,12-13H2,1-3H3,(H2,21,22,23);1H. The highest BCUT2D eigenvalue weighted by Gasteiger charge is 2.06. The maximum Gasteiger partial charge on any atom is 0.191 e. The summed E-state index contributed by atoms with van der Waals surface area (Å²) >= 11 is 0. The van der Waals surface area contributed by atoms with Gasteiger partial charge in [0, 0.05) is 18.3 Å². The van der Waals surface area contributed by atoms with Gasteiger partial charge in [0.15, 0.2) is 5.96 Å². The molecule has 1 unspecified atom stereocenters. The van der Waals surface area contributed by atoms with Crippen molar-refractivity contribution >= 4 is 29.9 Å². The Morgan fingerprint density at radius 3 is 2.69 bits per heavy atom. The van der Waals surface area contributed by atoms with E-state index in [1.807, 2.05) is 39.0 Å². The van der Waals surface area contributed by atoms with Gasteiger partial charge >= 0.3 is 0 Å². The van der Waals surface area contributed by atoms with Crippen LogP contribution in [0.15, 0.2) is 47.5 Å². The molecule has 1 atom stereocenters. The highest BCUT2D eigenvalue weighted by atomic mass is 127. The number of guanidine groups is 1. The van der Waals surface area contributed by atoms with E-state index in [-0.39, 0.29) is 35.9 Å². The topological polar surface area (TPSA) is 58.5 Å². The lowest BCUT2D eigenvalue weighted by Gasteiger charge is -2.17. The van der Waals surface area contributed by atoms with E-state index in [9.17, 15) is 4.39 Å². The minimum Gasteiger partial charge on any atom is -0.489 e. The number of aromatic nitrogens is 1. The van der Waals surface area contributed by atoms with Gasteiger partial charge in [0.25, 0.3) is 0 Å². The van der Waals surface area contributed by atoms with Crippen molar-refractivity contribution < 1.29 is 9.13 Å². The van der Waals surface area contributed by atoms with Crippen LogP contribution in [0.4, 0.5) is 4.39 Å². The van der Waals surface area contributed by atoms with Gasteiger partial charge in [0.05, 0.1) is 18.8 Å². The zero-order chi connectivity index (χ0) is 18.1. The van der Waals surface area contributed by atoms with Crippen LogP contribution in [0.3, 0.4) is 0 Å². The molecule has 142 valence electrons. The molecule has 0 fully saturated rings. The summed E-state index contributed by atoms with van der Waals surface area (Å²) in [7, 11) is 0. The summed E-state index contributed by atoms with van der Waals surface area (Å²) in [4.78, 5) is 8.98. The molecule has 0 aliphatic rings. The van der Waals surface area contributed by atoms with Crippen LogP contribution in [-0.4, -0.2) is 30.1 Å². The summed E-state index contributed by atoms with van der Waals surface area (Å²) < 4.78 is 18.9. The normalized spacial score (nSPS) is 12.1. The Morgan fingerprint density at radius 1 is 1.23 bits per heavy atom. The minimum atomic E-state index is -0.307. The molecule has 0 saturated carbocycles. The first kappa shape index (κ1) is 22.1. The number of aryl methyl sites for hydroxylation is 1. The predicted molar refractivity (Wildman–Crippen MR) is 114 cm³/mol. The Balaban J connectivity index is 0.00000338. The van der Waals surface area contributed by atoms with Crippen LogP contribution in [-0.2, 0) is 6.54 Å². The zero-order valence-electron chi connectivity index (χ0n) is 15.3. The van der Waals surface area contributed by atoms with Crippen molar-refractivity contribution in [3.63, 3.8) is 0 Å². The quantitative estimate of drug-likeness (QED) is 0.367. The lowest BCUT2D eigenvalue weighted by molar-refractivity contribution is 0.223. The first-order chi connectivity index (χ1) is 12.1. The monoisotopic (exact) mass is 472 g/mol. The number of benzene rings is 1. The average Bonchev–Trinajstić information content (AvgIpc) is 2.57. The summed E-state index contributed by atoms with van der Waals surface area (Å²) in [5.41, 5.74) is 1.89. The fourth-order valence-electron chi connectivity index (χ4n) is 2.24. The van der Waals surface area contributed by atoms with Gasteiger partial charge in [-0.3, -0.25) is 4.98 Å². The van der Waals surface area contributed by atoms with E-state index >= 15 is 0 Å². The van der Waals surface area contributed by atoms with E-state index in [4.69, 9.17) is 4.74 Å². The van der Waals surface area contributed by atoms with Gasteiger partial charge in [-0.1, -0.05) is 12.1 Å². The van der Waals surface area contributed by atoms with Gasteiger partial charge in [-0.2, -0.15) is 0 Å². The molecule has 2 aromatic rings. The smallest absolute Gasteiger partial charge is 0.191 e. The number of aliphatic imine (C=N–C) groups is 1. The number of hydrogen-bond acceptors (Lipinski definition) is 3. The van der Waals surface area contributed by atoms with Gasteiger partial charge < -0.3 is 15.4 Å². The van der Waals surface area contributed by atoms with Gasteiger partial charge in [-0.25, -0.2) is 9.38 Å². The number of nitrogens with zero attached hydrogens (tertiary/aromatic N) is 2. The fraction of sp³-hybridized carbons (Fsp3) is 0.368. The maximum atomic E-state index is 13.2. The Morgan fingerprint density at radius 2 is 2.00 bits per heavy atom. The Hall–Kier alpha value is -1.90. The van der Waals surface area contributed by atoms with Crippen molar-refractivity contribution in [3.8, 4) is 5.75 Å². The molecule has 26 heavy (non-hydrogen) atoms. The van der Waals surface area contributed by atoms with Crippen molar-refractivity contribution in [1.29, 1.82) is 0 Å². The molecule has 1 heterocycles. The molecular formula is C19H26FIN4O. The number of nitrogens with one attached hydrogen (secondary N) is 2. The summed E-state index contributed by atoms with van der Waals surface area (Å²) in [5, 5.41) is 6.42. The molecule has 0 aliphatic heterocycles. The third kappa shape index (κ3) is 7.99. The van der Waals surface area contributed by atoms with Crippen molar-refractivity contribution in [1.82, 2.24) is 15.6 Å². The van der Waals surface area contributed by atoms with Crippen molar-refractivity contribution in [2.45, 2.75) is 33.4 Å². The van der Waals surface area contributed by atoms with E-state index in [0.717, 1.165) is 17.9 Å². The first-order valence-electron chi connectivity index (χ1n) is 8.43. The molecule has 0 spiro atoms. The van der Waals surface area contributed by atoms with Crippen LogP contribution < -0.4 is 15.4 Å². The van der Waals surface area contributed by atoms with Gasteiger partial charge in [0.2, 0.25) is 0 Å². The second-order valence-electron chi connectivity index (χ2n) is 5.73. The zero-order valence-corrected chi connectivity index (χ0v) is 17.7. The molecule has 1 aromatic heterocycles. The van der Waals surface area contributed by atoms with Crippen LogP contribution in [0.1, 0.15) is 25.2 Å². The fourth-order valence-corrected chi connectivity index (χ4v) is 2.24. The van der Waals surface area contributed by atoms with Crippen molar-refractivity contribution in [2.75, 3.05) is 13.1 Å². The number of ether oxygens (including phenoxy) is 1. The van der Waals surface area contributed by atoms with Crippen molar-refractivity contribution in [3.05, 3.63) is 59.7 Å². The summed E-state index contributed by atoms with van der Waals surface area (Å²) in [6.07, 6.45) is -0.136. The Bertz CT molecular complexity index is 711. The molecule has 0 radical (unpaired) electrons. The number of pyridine rings is 1. The highest BCUT2D eigenvalue weighted by molar-refractivity contribution is 14.0. The summed E-state index contributed by atoms with van der Waals surface area (Å²) in [6, 6.07) is 12.0. The Labute approximate surface area is 171 Å². The average molecular weight is 472 g/mol. The molecule has 2 rings (SSSR count). The van der Waals surface area contributed by atoms with E-state index in [1.54, 1.807) is 12.1 Å². The molecule has 0 aliphatic carbocycles. The highest BCUT2D eigenvalue weighted by Crippen LogP contribution is 2.13. The van der Waals surface area contributed by atoms with E-state index in [2.05, 4.69) is 20.6 Å². The molecule has 0 amide bonds. The van der Waals surface area contributed by atoms with Gasteiger partial charge in [-0.05, 0) is 45.0 Å². The second-order valence-corrected chi connectivity index (χ2v) is 5.73.